The quantitative estimate of drug-likeness (QED) is 0.716. The van der Waals surface area contributed by atoms with Crippen LogP contribution in [0.1, 0.15) is 69.6 Å². The van der Waals surface area contributed by atoms with Gasteiger partial charge in [-0.15, -0.1) is 0 Å². The van der Waals surface area contributed by atoms with Gasteiger partial charge in [-0.05, 0) is 43.9 Å². The Hall–Kier alpha value is -3.29. The van der Waals surface area contributed by atoms with Crippen molar-refractivity contribution in [3.8, 4) is 0 Å². The number of hydrogen-bond donors (Lipinski definition) is 1. The molecule has 2 amide bonds. The predicted octanol–water partition coefficient (Wildman–Crippen LogP) is 2.87. The summed E-state index contributed by atoms with van der Waals surface area (Å²) in [7, 11) is 1.63. The van der Waals surface area contributed by atoms with Gasteiger partial charge >= 0.3 is 0 Å². The van der Waals surface area contributed by atoms with Crippen LogP contribution >= 0.6 is 0 Å². The van der Waals surface area contributed by atoms with E-state index in [2.05, 4.69) is 20.4 Å². The van der Waals surface area contributed by atoms with Gasteiger partial charge in [-0.1, -0.05) is 5.16 Å². The normalized spacial score (nSPS) is 17.3. The highest BCUT2D eigenvalue weighted by Crippen LogP contribution is 2.41. The minimum absolute atomic E-state index is 0.00616. The molecule has 1 aliphatic carbocycles. The molecule has 0 spiro atoms. The maximum Gasteiger partial charge on any atom is 0.259 e. The number of nitrogens with zero attached hydrogens (tertiary/aromatic N) is 4. The van der Waals surface area contributed by atoms with Crippen LogP contribution in [-0.4, -0.2) is 52.0 Å². The lowest BCUT2D eigenvalue weighted by molar-refractivity contribution is 0.0711. The van der Waals surface area contributed by atoms with Gasteiger partial charge in [0.2, 0.25) is 0 Å². The first-order valence-electron chi connectivity index (χ1n) is 10.4. The standard InChI is InChI=1S/C22H23N5O3/c1-23-20(28)16-11-17(13-4-5-13)25-21-18(16)19(26-30-21)14-6-9-27(10-7-14)22(29)15-3-2-8-24-12-15/h2-3,8,11-14H,4-7,9-10H2,1H3,(H,23,28). The van der Waals surface area contributed by atoms with Crippen molar-refractivity contribution in [2.45, 2.75) is 37.5 Å². The van der Waals surface area contributed by atoms with Crippen molar-refractivity contribution in [1.29, 1.82) is 0 Å². The number of carbonyl (C=O) groups excluding carboxylic acids is 2. The molecule has 4 heterocycles. The number of carbonyl (C=O) groups is 2. The van der Waals surface area contributed by atoms with Crippen molar-refractivity contribution in [3.63, 3.8) is 0 Å². The number of rotatable bonds is 4. The Kier molecular flexibility index (Phi) is 4.69. The Morgan fingerprint density at radius 1 is 1.17 bits per heavy atom. The summed E-state index contributed by atoms with van der Waals surface area (Å²) in [6, 6.07) is 5.44. The van der Waals surface area contributed by atoms with Crippen LogP contribution in [-0.2, 0) is 0 Å². The summed E-state index contributed by atoms with van der Waals surface area (Å²) >= 11 is 0. The third-order valence-electron chi connectivity index (χ3n) is 6.04. The van der Waals surface area contributed by atoms with E-state index in [9.17, 15) is 9.59 Å². The average molecular weight is 405 g/mol. The molecule has 0 bridgehead atoms. The second-order valence-electron chi connectivity index (χ2n) is 8.00. The molecule has 0 radical (unpaired) electrons. The van der Waals surface area contributed by atoms with Gasteiger partial charge in [-0.3, -0.25) is 14.6 Å². The van der Waals surface area contributed by atoms with Gasteiger partial charge in [0.05, 0.1) is 22.2 Å². The molecule has 2 aliphatic rings. The largest absolute Gasteiger partial charge is 0.355 e. The van der Waals surface area contributed by atoms with Crippen molar-refractivity contribution < 1.29 is 14.1 Å². The molecular formula is C22H23N5O3. The van der Waals surface area contributed by atoms with Crippen LogP contribution in [0.2, 0.25) is 0 Å². The molecule has 8 nitrogen and oxygen atoms in total. The van der Waals surface area contributed by atoms with Crippen molar-refractivity contribution >= 4 is 22.9 Å². The summed E-state index contributed by atoms with van der Waals surface area (Å²) in [5, 5.41) is 7.74. The molecule has 1 N–H and O–H groups in total. The fourth-order valence-electron chi connectivity index (χ4n) is 4.20. The Morgan fingerprint density at radius 2 is 1.97 bits per heavy atom. The van der Waals surface area contributed by atoms with Gasteiger partial charge < -0.3 is 14.7 Å². The summed E-state index contributed by atoms with van der Waals surface area (Å²) in [5.74, 6) is 0.362. The lowest BCUT2D eigenvalue weighted by atomic mass is 9.90. The monoisotopic (exact) mass is 405 g/mol. The van der Waals surface area contributed by atoms with Gasteiger partial charge in [-0.2, -0.15) is 0 Å². The summed E-state index contributed by atoms with van der Waals surface area (Å²) in [5.41, 5.74) is 3.28. The topological polar surface area (TPSA) is 101 Å². The fraction of sp³-hybridized carbons (Fsp3) is 0.409. The summed E-state index contributed by atoms with van der Waals surface area (Å²) in [6.07, 6.45) is 6.95. The van der Waals surface area contributed by atoms with Crippen LogP contribution in [0.5, 0.6) is 0 Å². The molecule has 1 aliphatic heterocycles. The molecular weight excluding hydrogens is 382 g/mol. The lowest BCUT2D eigenvalue weighted by Gasteiger charge is -2.31. The smallest absolute Gasteiger partial charge is 0.259 e. The summed E-state index contributed by atoms with van der Waals surface area (Å²) in [4.78, 5) is 35.8. The zero-order valence-corrected chi connectivity index (χ0v) is 16.8. The molecule has 8 heteroatoms. The second-order valence-corrected chi connectivity index (χ2v) is 8.00. The van der Waals surface area contributed by atoms with Gasteiger partial charge in [0.25, 0.3) is 17.5 Å². The van der Waals surface area contributed by atoms with Gasteiger partial charge in [-0.25, -0.2) is 4.98 Å². The van der Waals surface area contributed by atoms with Crippen LogP contribution in [0.25, 0.3) is 11.1 Å². The highest BCUT2D eigenvalue weighted by molar-refractivity contribution is 6.06. The molecule has 0 unspecified atom stereocenters. The minimum Gasteiger partial charge on any atom is -0.355 e. The van der Waals surface area contributed by atoms with E-state index in [0.29, 0.717) is 41.2 Å². The maximum absolute atomic E-state index is 12.7. The van der Waals surface area contributed by atoms with E-state index in [1.165, 1.54) is 0 Å². The van der Waals surface area contributed by atoms with E-state index in [-0.39, 0.29) is 17.7 Å². The van der Waals surface area contributed by atoms with E-state index >= 15 is 0 Å². The minimum atomic E-state index is -0.155. The number of pyridine rings is 2. The molecule has 3 aromatic heterocycles. The molecule has 1 saturated heterocycles. The number of nitrogens with one attached hydrogen (secondary N) is 1. The molecule has 1 saturated carbocycles. The first kappa shape index (κ1) is 18.7. The molecule has 30 heavy (non-hydrogen) atoms. The Labute approximate surface area is 173 Å². The Balaban J connectivity index is 1.41. The molecule has 2 fully saturated rings. The van der Waals surface area contributed by atoms with E-state index < -0.39 is 0 Å². The summed E-state index contributed by atoms with van der Waals surface area (Å²) in [6.45, 7) is 1.24. The second kappa shape index (κ2) is 7.51. The van der Waals surface area contributed by atoms with Crippen LogP contribution in [0, 0.1) is 0 Å². The zero-order chi connectivity index (χ0) is 20.7. The van der Waals surface area contributed by atoms with Gasteiger partial charge in [0.15, 0.2) is 0 Å². The number of aromatic nitrogens is 3. The first-order valence-corrected chi connectivity index (χ1v) is 10.4. The third-order valence-corrected chi connectivity index (χ3v) is 6.04. The van der Waals surface area contributed by atoms with E-state index in [0.717, 1.165) is 37.1 Å². The molecule has 0 aromatic carbocycles. The molecule has 5 rings (SSSR count). The maximum atomic E-state index is 12.7. The van der Waals surface area contributed by atoms with Gasteiger partial charge in [0.1, 0.15) is 0 Å². The van der Waals surface area contributed by atoms with Crippen LogP contribution in [0.3, 0.4) is 0 Å². The van der Waals surface area contributed by atoms with Crippen LogP contribution in [0.4, 0.5) is 0 Å². The highest BCUT2D eigenvalue weighted by atomic mass is 16.5. The molecule has 0 atom stereocenters. The third kappa shape index (κ3) is 3.32. The molecule has 154 valence electrons. The van der Waals surface area contributed by atoms with Crippen LogP contribution in [0.15, 0.2) is 35.1 Å². The van der Waals surface area contributed by atoms with Crippen molar-refractivity contribution in [2.24, 2.45) is 0 Å². The van der Waals surface area contributed by atoms with Crippen LogP contribution < -0.4 is 5.32 Å². The number of likely N-dealkylation sites (tertiary alicyclic amines) is 1. The average Bonchev–Trinajstić information content (AvgIpc) is 3.57. The van der Waals surface area contributed by atoms with Gasteiger partial charge in [0, 0.05) is 50.1 Å². The van der Waals surface area contributed by atoms with Crippen molar-refractivity contribution in [2.75, 3.05) is 20.1 Å². The first-order chi connectivity index (χ1) is 14.7. The number of amides is 2. The Bertz CT molecular complexity index is 1100. The predicted molar refractivity (Wildman–Crippen MR) is 109 cm³/mol. The summed E-state index contributed by atoms with van der Waals surface area (Å²) < 4.78 is 5.57. The highest BCUT2D eigenvalue weighted by Gasteiger charge is 2.32. The number of hydrogen-bond acceptors (Lipinski definition) is 6. The van der Waals surface area contributed by atoms with Crippen molar-refractivity contribution in [1.82, 2.24) is 25.3 Å². The Morgan fingerprint density at radius 3 is 2.63 bits per heavy atom. The van der Waals surface area contributed by atoms with Crippen molar-refractivity contribution in [3.05, 3.63) is 53.1 Å². The van der Waals surface area contributed by atoms with E-state index in [4.69, 9.17) is 4.52 Å². The molecule has 3 aromatic rings. The zero-order valence-electron chi connectivity index (χ0n) is 16.8. The number of fused-ring (bicyclic) bond motifs is 1. The lowest BCUT2D eigenvalue weighted by Crippen LogP contribution is -2.38. The fourth-order valence-corrected chi connectivity index (χ4v) is 4.20. The SMILES string of the molecule is CNC(=O)c1cc(C2CC2)nc2onc(C3CCN(C(=O)c4cccnc4)CC3)c12. The number of piperidine rings is 1. The van der Waals surface area contributed by atoms with E-state index in [1.807, 2.05) is 11.0 Å². The van der Waals surface area contributed by atoms with E-state index in [1.54, 1.807) is 31.6 Å².